The first kappa shape index (κ1) is 25.0. The Kier molecular flexibility index (Phi) is 7.70. The van der Waals surface area contributed by atoms with Crippen molar-refractivity contribution in [2.45, 2.75) is 19.4 Å². The first-order valence-electron chi connectivity index (χ1n) is 11.3. The first-order chi connectivity index (χ1) is 17.0. The van der Waals surface area contributed by atoms with Gasteiger partial charge in [-0.05, 0) is 64.4 Å². The lowest BCUT2D eigenvalue weighted by Gasteiger charge is -2.28. The third-order valence-electron chi connectivity index (χ3n) is 6.36. The molecule has 4 aromatic rings. The van der Waals surface area contributed by atoms with Crippen LogP contribution in [0.5, 0.6) is 0 Å². The molecule has 1 atom stereocenters. The van der Waals surface area contributed by atoms with Gasteiger partial charge in [-0.15, -0.1) is 0 Å². The fourth-order valence-corrected chi connectivity index (χ4v) is 6.37. The predicted molar refractivity (Wildman–Crippen MR) is 157 cm³/mol. The minimum Gasteiger partial charge on any atom is -0.378 e. The molecule has 0 radical (unpaired) electrons. The van der Waals surface area contributed by atoms with Gasteiger partial charge in [-0.2, -0.15) is 0 Å². The Balaban J connectivity index is 1.56. The smallest absolute Gasteiger partial charge is 0.251 e. The van der Waals surface area contributed by atoms with E-state index in [1.54, 1.807) is 25.8 Å². The predicted octanol–water partition coefficient (Wildman–Crippen LogP) is 6.29. The maximum Gasteiger partial charge on any atom is 0.251 e. The molecule has 3 aromatic heterocycles. The summed E-state index contributed by atoms with van der Waals surface area (Å²) >= 11 is 4.23. The largest absolute Gasteiger partial charge is 0.378 e. The molecular formula is C25H23FI2N4O2S. The van der Waals surface area contributed by atoms with Crippen LogP contribution in [-0.2, 0) is 4.74 Å². The van der Waals surface area contributed by atoms with Crippen LogP contribution in [-0.4, -0.2) is 39.8 Å². The number of halogens is 3. The third-order valence-corrected chi connectivity index (χ3v) is 8.88. The Hall–Kier alpha value is -1.64. The highest BCUT2D eigenvalue weighted by Gasteiger charge is 2.19. The summed E-state index contributed by atoms with van der Waals surface area (Å²) < 4.78 is 23.6. The molecule has 10 heteroatoms. The highest BCUT2D eigenvalue weighted by molar-refractivity contribution is 14.2. The highest BCUT2D eigenvalue weighted by atomic mass is 127. The van der Waals surface area contributed by atoms with Crippen molar-refractivity contribution in [1.29, 1.82) is 0 Å². The average molecular weight is 716 g/mol. The van der Waals surface area contributed by atoms with Crippen LogP contribution < -0.4 is 10.5 Å². The standard InChI is InChI=1S/C25H23FI2N4O2S/c1-2-23(17-3-4-21(26)22(27)11-17)31-6-5-16(12-24(31)33)20-15-32(35-28)25-19(20)13-18(14-29-25)30-7-9-34-10-8-30/h3-6,11-15,23H,2,7-10H2,1H3. The summed E-state index contributed by atoms with van der Waals surface area (Å²) in [7, 11) is 1.55. The Bertz CT molecular complexity index is 1440. The molecule has 0 saturated carbocycles. The van der Waals surface area contributed by atoms with Crippen molar-refractivity contribution in [3.05, 3.63) is 80.3 Å². The Morgan fingerprint density at radius 3 is 2.69 bits per heavy atom. The van der Waals surface area contributed by atoms with Crippen LogP contribution in [0.3, 0.4) is 0 Å². The van der Waals surface area contributed by atoms with E-state index in [1.807, 2.05) is 64.2 Å². The number of ether oxygens (including phenoxy) is 1. The third kappa shape index (κ3) is 4.98. The fraction of sp³-hybridized carbons (Fsp3) is 0.280. The molecule has 182 valence electrons. The molecule has 1 aliphatic heterocycles. The van der Waals surface area contributed by atoms with Gasteiger partial charge in [0.05, 0.1) is 31.1 Å². The number of hydrogen-bond acceptors (Lipinski definition) is 5. The van der Waals surface area contributed by atoms with Crippen molar-refractivity contribution in [1.82, 2.24) is 13.5 Å². The van der Waals surface area contributed by atoms with Crippen molar-refractivity contribution in [3.8, 4) is 11.1 Å². The quantitative estimate of drug-likeness (QED) is 0.220. The van der Waals surface area contributed by atoms with Crippen molar-refractivity contribution < 1.29 is 9.13 Å². The maximum absolute atomic E-state index is 13.8. The van der Waals surface area contributed by atoms with E-state index in [9.17, 15) is 9.18 Å². The number of hydrogen-bond donors (Lipinski definition) is 0. The minimum atomic E-state index is -0.249. The summed E-state index contributed by atoms with van der Waals surface area (Å²) in [5.41, 5.74) is 4.58. The lowest BCUT2D eigenvalue weighted by Crippen LogP contribution is -2.36. The molecule has 1 fully saturated rings. The van der Waals surface area contributed by atoms with Crippen LogP contribution >= 0.6 is 52.9 Å². The van der Waals surface area contributed by atoms with Gasteiger partial charge in [0.1, 0.15) is 5.82 Å². The fourth-order valence-electron chi connectivity index (χ4n) is 4.57. The van der Waals surface area contributed by atoms with Gasteiger partial charge >= 0.3 is 0 Å². The number of fused-ring (bicyclic) bond motifs is 1. The zero-order valence-corrected chi connectivity index (χ0v) is 24.1. The van der Waals surface area contributed by atoms with Crippen LogP contribution in [0.15, 0.2) is 59.8 Å². The van der Waals surface area contributed by atoms with Gasteiger partial charge in [-0.25, -0.2) is 9.37 Å². The van der Waals surface area contributed by atoms with E-state index >= 15 is 0 Å². The summed E-state index contributed by atoms with van der Waals surface area (Å²) in [6.45, 7) is 5.12. The minimum absolute atomic E-state index is 0.0889. The molecule has 6 nitrogen and oxygen atoms in total. The number of nitrogens with zero attached hydrogens (tertiary/aromatic N) is 4. The second-order valence-electron chi connectivity index (χ2n) is 8.36. The molecule has 0 amide bonds. The van der Waals surface area contributed by atoms with E-state index in [1.165, 1.54) is 6.07 Å². The van der Waals surface area contributed by atoms with E-state index in [2.05, 4.69) is 32.2 Å². The molecule has 0 bridgehead atoms. The van der Waals surface area contributed by atoms with Crippen LogP contribution in [0.1, 0.15) is 24.9 Å². The second-order valence-corrected chi connectivity index (χ2v) is 11.2. The lowest BCUT2D eigenvalue weighted by atomic mass is 10.0. The Labute approximate surface area is 232 Å². The van der Waals surface area contributed by atoms with Gasteiger partial charge in [-0.3, -0.25) is 8.77 Å². The summed E-state index contributed by atoms with van der Waals surface area (Å²) in [5, 5.41) is 1.01. The summed E-state index contributed by atoms with van der Waals surface area (Å²) in [4.78, 5) is 20.3. The van der Waals surface area contributed by atoms with Crippen molar-refractivity contribution >= 4 is 69.6 Å². The molecule has 0 N–H and O–H groups in total. The molecular weight excluding hydrogens is 693 g/mol. The number of rotatable bonds is 6. The van der Waals surface area contributed by atoms with Gasteiger partial charge < -0.3 is 14.2 Å². The second kappa shape index (κ2) is 10.8. The number of morpholine rings is 1. The molecule has 1 unspecified atom stereocenters. The molecule has 0 aliphatic carbocycles. The molecule has 4 heterocycles. The first-order valence-corrected chi connectivity index (χ1v) is 15.7. The molecule has 1 aliphatic rings. The topological polar surface area (TPSA) is 52.3 Å². The number of pyridine rings is 2. The summed E-state index contributed by atoms with van der Waals surface area (Å²) in [5.74, 6) is -0.249. The monoisotopic (exact) mass is 716 g/mol. The van der Waals surface area contributed by atoms with Gasteiger partial charge in [0.25, 0.3) is 5.56 Å². The summed E-state index contributed by atoms with van der Waals surface area (Å²) in [6.07, 6.45) is 6.52. The lowest BCUT2D eigenvalue weighted by molar-refractivity contribution is 0.122. The van der Waals surface area contributed by atoms with E-state index in [0.717, 1.165) is 52.9 Å². The average Bonchev–Trinajstić information content (AvgIpc) is 3.26. The zero-order valence-electron chi connectivity index (χ0n) is 19.0. The summed E-state index contributed by atoms with van der Waals surface area (Å²) in [6, 6.07) is 10.7. The molecule has 0 spiro atoms. The van der Waals surface area contributed by atoms with E-state index in [0.29, 0.717) is 16.8 Å². The van der Waals surface area contributed by atoms with Gasteiger partial charge in [0, 0.05) is 76.4 Å². The van der Waals surface area contributed by atoms with E-state index in [-0.39, 0.29) is 17.4 Å². The molecule has 5 rings (SSSR count). The van der Waals surface area contributed by atoms with Crippen molar-refractivity contribution in [2.24, 2.45) is 0 Å². The number of benzene rings is 1. The van der Waals surface area contributed by atoms with Crippen LogP contribution in [0.25, 0.3) is 22.2 Å². The molecule has 1 aromatic carbocycles. The van der Waals surface area contributed by atoms with Crippen LogP contribution in [0.4, 0.5) is 10.1 Å². The SMILES string of the molecule is CCC(c1ccc(F)c(I)c1)n1ccc(-c2cn(SI)c3ncc(N4CCOCC4)cc23)cc1=O. The molecule has 35 heavy (non-hydrogen) atoms. The van der Waals surface area contributed by atoms with Crippen LogP contribution in [0.2, 0.25) is 0 Å². The van der Waals surface area contributed by atoms with E-state index < -0.39 is 0 Å². The van der Waals surface area contributed by atoms with E-state index in [4.69, 9.17) is 9.72 Å². The number of aromatic nitrogens is 3. The highest BCUT2D eigenvalue weighted by Crippen LogP contribution is 2.35. The maximum atomic E-state index is 13.8. The van der Waals surface area contributed by atoms with Crippen molar-refractivity contribution in [2.75, 3.05) is 31.2 Å². The van der Waals surface area contributed by atoms with Crippen LogP contribution in [0, 0.1) is 9.39 Å². The zero-order chi connectivity index (χ0) is 24.5. The Morgan fingerprint density at radius 1 is 1.20 bits per heavy atom. The number of anilines is 1. The van der Waals surface area contributed by atoms with Gasteiger partial charge in [0.2, 0.25) is 0 Å². The van der Waals surface area contributed by atoms with Crippen molar-refractivity contribution in [3.63, 3.8) is 0 Å². The normalized spacial score (nSPS) is 15.0. The Morgan fingerprint density at radius 2 is 2.00 bits per heavy atom. The molecule has 1 saturated heterocycles. The van der Waals surface area contributed by atoms with Gasteiger partial charge in [0.15, 0.2) is 5.65 Å². The van der Waals surface area contributed by atoms with Gasteiger partial charge in [-0.1, -0.05) is 13.0 Å².